The summed E-state index contributed by atoms with van der Waals surface area (Å²) in [4.78, 5) is 23.7. The van der Waals surface area contributed by atoms with Crippen molar-refractivity contribution in [2.75, 3.05) is 5.32 Å². The zero-order valence-electron chi connectivity index (χ0n) is 9.12. The van der Waals surface area contributed by atoms with Crippen LogP contribution in [-0.4, -0.2) is 20.9 Å². The molecule has 1 amide bonds. The van der Waals surface area contributed by atoms with Crippen LogP contribution in [-0.2, 0) is 0 Å². The number of nitrogens with one attached hydrogen (secondary N) is 1. The Hall–Kier alpha value is -1.86. The molecule has 0 saturated heterocycles. The number of amides is 1. The van der Waals surface area contributed by atoms with E-state index in [4.69, 9.17) is 5.73 Å². The van der Waals surface area contributed by atoms with Gasteiger partial charge in [-0.3, -0.25) is 9.78 Å². The smallest absolute Gasteiger partial charge is 0.276 e. The number of anilines is 1. The van der Waals surface area contributed by atoms with Crippen LogP contribution in [0.5, 0.6) is 0 Å². The normalized spacial score (nSPS) is 12.1. The van der Waals surface area contributed by atoms with Crippen molar-refractivity contribution in [3.8, 4) is 0 Å². The van der Waals surface area contributed by atoms with E-state index in [0.29, 0.717) is 11.5 Å². The molecule has 0 fully saturated rings. The monoisotopic (exact) mass is 249 g/mol. The van der Waals surface area contributed by atoms with E-state index < -0.39 is 0 Å². The zero-order chi connectivity index (χ0) is 12.3. The van der Waals surface area contributed by atoms with Gasteiger partial charge < -0.3 is 11.1 Å². The van der Waals surface area contributed by atoms with E-state index in [2.05, 4.69) is 20.3 Å². The summed E-state index contributed by atoms with van der Waals surface area (Å²) in [5.41, 5.74) is 6.01. The van der Waals surface area contributed by atoms with Crippen molar-refractivity contribution in [3.63, 3.8) is 0 Å². The lowest BCUT2D eigenvalue weighted by Gasteiger charge is -2.00. The molecule has 2 aromatic rings. The number of carbonyl (C=O) groups excluding carboxylic acids is 1. The molecule has 0 aliphatic carbocycles. The van der Waals surface area contributed by atoms with Gasteiger partial charge in [0, 0.05) is 17.8 Å². The summed E-state index contributed by atoms with van der Waals surface area (Å²) in [6.45, 7) is 1.82. The molecule has 7 heteroatoms. The van der Waals surface area contributed by atoms with Crippen LogP contribution in [0, 0.1) is 0 Å². The molecule has 0 aliphatic heterocycles. The SMILES string of the molecule is CC(N)c1nc(C(=O)Nc2cnccn2)cs1. The number of aromatic nitrogens is 3. The Bertz CT molecular complexity index is 510. The molecule has 2 rings (SSSR count). The van der Waals surface area contributed by atoms with Crippen molar-refractivity contribution in [2.45, 2.75) is 13.0 Å². The van der Waals surface area contributed by atoms with E-state index in [1.807, 2.05) is 6.92 Å². The van der Waals surface area contributed by atoms with E-state index in [-0.39, 0.29) is 11.9 Å². The number of nitrogens with two attached hydrogens (primary N) is 1. The number of thiazole rings is 1. The highest BCUT2D eigenvalue weighted by Gasteiger charge is 2.13. The van der Waals surface area contributed by atoms with Crippen molar-refractivity contribution in [2.24, 2.45) is 5.73 Å². The van der Waals surface area contributed by atoms with Crippen molar-refractivity contribution in [1.29, 1.82) is 0 Å². The van der Waals surface area contributed by atoms with Crippen LogP contribution in [0.4, 0.5) is 5.82 Å². The average molecular weight is 249 g/mol. The van der Waals surface area contributed by atoms with E-state index in [9.17, 15) is 4.79 Å². The predicted octanol–water partition coefficient (Wildman–Crippen LogP) is 1.21. The number of hydrogen-bond acceptors (Lipinski definition) is 6. The molecule has 0 radical (unpaired) electrons. The Morgan fingerprint density at radius 1 is 1.53 bits per heavy atom. The van der Waals surface area contributed by atoms with E-state index in [1.54, 1.807) is 5.38 Å². The third-order valence-corrected chi connectivity index (χ3v) is 2.99. The fourth-order valence-corrected chi connectivity index (χ4v) is 1.90. The fourth-order valence-electron chi connectivity index (χ4n) is 1.15. The van der Waals surface area contributed by atoms with Gasteiger partial charge in [0.2, 0.25) is 0 Å². The van der Waals surface area contributed by atoms with Gasteiger partial charge in [-0.25, -0.2) is 9.97 Å². The molecule has 1 unspecified atom stereocenters. The molecule has 0 aliphatic rings. The lowest BCUT2D eigenvalue weighted by atomic mass is 10.4. The van der Waals surface area contributed by atoms with Crippen LogP contribution in [0.15, 0.2) is 24.0 Å². The Morgan fingerprint density at radius 3 is 2.94 bits per heavy atom. The Labute approximate surface area is 102 Å². The van der Waals surface area contributed by atoms with Crippen LogP contribution >= 0.6 is 11.3 Å². The second kappa shape index (κ2) is 4.98. The molecule has 0 bridgehead atoms. The number of nitrogens with zero attached hydrogens (tertiary/aromatic N) is 3. The van der Waals surface area contributed by atoms with Gasteiger partial charge in [0.15, 0.2) is 5.82 Å². The van der Waals surface area contributed by atoms with Gasteiger partial charge in [0.25, 0.3) is 5.91 Å². The lowest BCUT2D eigenvalue weighted by Crippen LogP contribution is -2.14. The maximum atomic E-state index is 11.8. The Morgan fingerprint density at radius 2 is 2.35 bits per heavy atom. The van der Waals surface area contributed by atoms with Crippen molar-refractivity contribution >= 4 is 23.1 Å². The summed E-state index contributed by atoms with van der Waals surface area (Å²) < 4.78 is 0. The highest BCUT2D eigenvalue weighted by atomic mass is 32.1. The zero-order valence-corrected chi connectivity index (χ0v) is 9.94. The third kappa shape index (κ3) is 2.83. The Balaban J connectivity index is 2.10. The van der Waals surface area contributed by atoms with E-state index >= 15 is 0 Å². The van der Waals surface area contributed by atoms with Crippen molar-refractivity contribution < 1.29 is 4.79 Å². The second-order valence-corrected chi connectivity index (χ2v) is 4.29. The quantitative estimate of drug-likeness (QED) is 0.852. The number of hydrogen-bond donors (Lipinski definition) is 2. The lowest BCUT2D eigenvalue weighted by molar-refractivity contribution is 0.102. The molecule has 2 aromatic heterocycles. The largest absolute Gasteiger partial charge is 0.322 e. The molecule has 0 saturated carbocycles. The molecule has 2 heterocycles. The van der Waals surface area contributed by atoms with Gasteiger partial charge in [0.05, 0.1) is 12.2 Å². The standard InChI is InChI=1S/C10H11N5OS/c1-6(11)10-14-7(5-17-10)9(16)15-8-4-12-2-3-13-8/h2-6H,11H2,1H3,(H,13,15,16). The molecular formula is C10H11N5OS. The minimum Gasteiger partial charge on any atom is -0.322 e. The van der Waals surface area contributed by atoms with Gasteiger partial charge in [-0.15, -0.1) is 11.3 Å². The van der Waals surface area contributed by atoms with Crippen LogP contribution in [0.25, 0.3) is 0 Å². The average Bonchev–Trinajstić information content (AvgIpc) is 2.79. The van der Waals surface area contributed by atoms with Crippen molar-refractivity contribution in [3.05, 3.63) is 34.7 Å². The molecule has 3 N–H and O–H groups in total. The van der Waals surface area contributed by atoms with Gasteiger partial charge >= 0.3 is 0 Å². The van der Waals surface area contributed by atoms with Gasteiger partial charge in [-0.1, -0.05) is 0 Å². The third-order valence-electron chi connectivity index (χ3n) is 1.95. The summed E-state index contributed by atoms with van der Waals surface area (Å²) in [6.07, 6.45) is 4.51. The van der Waals surface area contributed by atoms with Crippen LogP contribution < -0.4 is 11.1 Å². The first-order valence-corrected chi connectivity index (χ1v) is 5.83. The van der Waals surface area contributed by atoms with E-state index in [1.165, 1.54) is 29.9 Å². The van der Waals surface area contributed by atoms with Crippen LogP contribution in [0.1, 0.15) is 28.5 Å². The van der Waals surface area contributed by atoms with Gasteiger partial charge in [-0.2, -0.15) is 0 Å². The molecule has 88 valence electrons. The molecule has 0 aromatic carbocycles. The maximum Gasteiger partial charge on any atom is 0.276 e. The first-order chi connectivity index (χ1) is 8.16. The predicted molar refractivity (Wildman–Crippen MR) is 64.7 cm³/mol. The summed E-state index contributed by atoms with van der Waals surface area (Å²) >= 11 is 1.36. The van der Waals surface area contributed by atoms with Gasteiger partial charge in [-0.05, 0) is 6.92 Å². The first-order valence-electron chi connectivity index (χ1n) is 4.95. The molecule has 6 nitrogen and oxygen atoms in total. The summed E-state index contributed by atoms with van der Waals surface area (Å²) in [5.74, 6) is 0.0847. The van der Waals surface area contributed by atoms with E-state index in [0.717, 1.165) is 5.01 Å². The number of carbonyl (C=O) groups is 1. The first kappa shape index (κ1) is 11.6. The second-order valence-electron chi connectivity index (χ2n) is 3.40. The summed E-state index contributed by atoms with van der Waals surface area (Å²) in [5, 5.41) is 5.00. The summed E-state index contributed by atoms with van der Waals surface area (Å²) in [6, 6.07) is -0.168. The highest BCUT2D eigenvalue weighted by molar-refractivity contribution is 7.09. The molecule has 0 spiro atoms. The summed E-state index contributed by atoms with van der Waals surface area (Å²) in [7, 11) is 0. The van der Waals surface area contributed by atoms with Crippen LogP contribution in [0.3, 0.4) is 0 Å². The van der Waals surface area contributed by atoms with Gasteiger partial charge in [0.1, 0.15) is 10.7 Å². The van der Waals surface area contributed by atoms with Crippen molar-refractivity contribution in [1.82, 2.24) is 15.0 Å². The minimum atomic E-state index is -0.311. The molecule has 1 atom stereocenters. The maximum absolute atomic E-state index is 11.8. The molecule has 17 heavy (non-hydrogen) atoms. The topological polar surface area (TPSA) is 93.8 Å². The van der Waals surface area contributed by atoms with Crippen LogP contribution in [0.2, 0.25) is 0 Å². The number of rotatable bonds is 3. The minimum absolute atomic E-state index is 0.168. The highest BCUT2D eigenvalue weighted by Crippen LogP contribution is 2.16. The molecular weight excluding hydrogens is 238 g/mol. The Kier molecular flexibility index (Phi) is 3.40. The fraction of sp³-hybridized carbons (Fsp3) is 0.200.